The number of aliphatic hydroxyl groups excluding tert-OH is 4. The molecule has 1 saturated carbocycles. The lowest BCUT2D eigenvalue weighted by Gasteiger charge is -2.50. The highest BCUT2D eigenvalue weighted by Crippen LogP contribution is 2.35. The Morgan fingerprint density at radius 1 is 0.678 bits per heavy atom. The van der Waals surface area contributed by atoms with Crippen LogP contribution in [0, 0.1) is 25.6 Å². The topological polar surface area (TPSA) is 456 Å². The predicted molar refractivity (Wildman–Crippen MR) is 311 cm³/mol. The Hall–Kier alpha value is -8.05. The SMILES string of the molecule is CN(C(=O)OC(C)(C)C)[C@@H]1[C@@H](O)[C@@H](O[C@@H]2[C@@H](O)[C@H](O[C@H]3OC(CNC(=O)C(O)CNC(=O)CC(C)(C)C)=CC[C@H]3NC(=O)OCc3ccc([N+](=O)[O-])cc3)[C@@H](NC(=O)OCc3ccc([N+](=O)[O-])cc3)C[C@H]2NC(=O)[C@@H](O)CNC(=O)OC(C)(C)C)OC[C@]1(C)O. The molecule has 90 heavy (non-hydrogen) atoms. The van der Waals surface area contributed by atoms with Crippen molar-refractivity contribution in [3.63, 3.8) is 0 Å². The van der Waals surface area contributed by atoms with Crippen LogP contribution in [0.4, 0.5) is 30.6 Å². The highest BCUT2D eigenvalue weighted by molar-refractivity contribution is 5.83. The molecule has 500 valence electrons. The van der Waals surface area contributed by atoms with Gasteiger partial charge in [-0.15, -0.1) is 0 Å². The minimum atomic E-state index is -2.17. The molecule has 0 aromatic heterocycles. The van der Waals surface area contributed by atoms with Gasteiger partial charge in [-0.2, -0.15) is 0 Å². The first-order valence-electron chi connectivity index (χ1n) is 28.6. The van der Waals surface area contributed by atoms with Gasteiger partial charge < -0.3 is 100 Å². The highest BCUT2D eigenvalue weighted by Gasteiger charge is 2.55. The Kier molecular flexibility index (Phi) is 25.1. The molecule has 2 aliphatic heterocycles. The first-order valence-corrected chi connectivity index (χ1v) is 28.6. The number of non-ortho nitro benzene ring substituents is 2. The minimum absolute atomic E-state index is 0.0650. The molecule has 0 radical (unpaired) electrons. The number of carbonyl (C=O) groups excluding carboxylic acids is 7. The van der Waals surface area contributed by atoms with Gasteiger partial charge in [0.1, 0.15) is 72.4 Å². The molecule has 1 saturated heterocycles. The molecule has 33 heteroatoms. The molecule has 7 amide bonds. The van der Waals surface area contributed by atoms with E-state index in [0.717, 1.165) is 4.90 Å². The Morgan fingerprint density at radius 3 is 1.68 bits per heavy atom. The Labute approximate surface area is 518 Å². The molecule has 5 rings (SSSR count). The third kappa shape index (κ3) is 22.5. The minimum Gasteiger partial charge on any atom is -0.465 e. The molecule has 0 bridgehead atoms. The standard InChI is InChI=1S/C57H83N9O24/c1-54(2,3)23-40(69)58-25-38(67)46(72)59-24-34-20-21-35(62-51(75)83-27-30-12-16-32(17-13-30)65(79)80)48(86-34)87-44-37(63-52(76)84-28-31-14-18-33(19-15-31)66(81)82)22-36(61-47(73)39(68)26-60-50(74)89-55(4,5)6)43(41(44)70)88-49-42(71)45(57(10,78)29-85-49)64(11)53(77)90-56(7,8)9/h12-20,35-39,41-45,48-49,67-68,70-71,78H,21-29H2,1-11H3,(H,58,69)(H,59,72)(H,60,74)(H,61,73)(H,62,75)(H,63,76)/t35-,36-,37+,38?,39+,41-,42-,43+,44-,45-,48-,49-,57+/m1/s1. The maximum atomic E-state index is 14.0. The summed E-state index contributed by atoms with van der Waals surface area (Å²) in [7, 11) is 1.23. The lowest BCUT2D eigenvalue weighted by molar-refractivity contribution is -0.385. The fourth-order valence-electron chi connectivity index (χ4n) is 9.44. The number of amides is 7. The molecule has 11 N–H and O–H groups in total. The Bertz CT molecular complexity index is 2880. The van der Waals surface area contributed by atoms with Gasteiger partial charge in [0.25, 0.3) is 23.2 Å². The molecular weight excluding hydrogens is 1190 g/mol. The maximum Gasteiger partial charge on any atom is 0.410 e. The second-order valence-electron chi connectivity index (χ2n) is 25.2. The van der Waals surface area contributed by atoms with Gasteiger partial charge in [0.05, 0.1) is 60.3 Å². The van der Waals surface area contributed by atoms with Gasteiger partial charge in [0, 0.05) is 37.7 Å². The van der Waals surface area contributed by atoms with Crippen molar-refractivity contribution in [3.05, 3.63) is 91.7 Å². The highest BCUT2D eigenvalue weighted by atomic mass is 16.7. The zero-order valence-electron chi connectivity index (χ0n) is 51.8. The van der Waals surface area contributed by atoms with Crippen molar-refractivity contribution in [2.75, 3.05) is 33.3 Å². The van der Waals surface area contributed by atoms with Gasteiger partial charge in [0.15, 0.2) is 6.29 Å². The first-order chi connectivity index (χ1) is 41.8. The fourth-order valence-corrected chi connectivity index (χ4v) is 9.44. The van der Waals surface area contributed by atoms with Crippen LogP contribution in [0.1, 0.15) is 99.6 Å². The summed E-state index contributed by atoms with van der Waals surface area (Å²) in [5, 5.41) is 95.8. The van der Waals surface area contributed by atoms with Gasteiger partial charge in [-0.25, -0.2) is 19.2 Å². The fraction of sp³-hybridized carbons (Fsp3) is 0.632. The van der Waals surface area contributed by atoms with Crippen molar-refractivity contribution in [1.82, 2.24) is 36.8 Å². The molecule has 1 aliphatic carbocycles. The number of nitrogens with zero attached hydrogens (tertiary/aromatic N) is 3. The second kappa shape index (κ2) is 31.1. The van der Waals surface area contributed by atoms with Crippen molar-refractivity contribution >= 4 is 53.5 Å². The summed E-state index contributed by atoms with van der Waals surface area (Å²) in [4.78, 5) is 115. The van der Waals surface area contributed by atoms with E-state index in [0.29, 0.717) is 5.56 Å². The van der Waals surface area contributed by atoms with E-state index in [-0.39, 0.29) is 35.5 Å². The van der Waals surface area contributed by atoms with Gasteiger partial charge in [-0.1, -0.05) is 20.8 Å². The van der Waals surface area contributed by atoms with E-state index < -0.39 is 193 Å². The molecule has 1 unspecified atom stereocenters. The van der Waals surface area contributed by atoms with Crippen LogP contribution < -0.4 is 31.9 Å². The molecule has 2 aromatic rings. The van der Waals surface area contributed by atoms with E-state index >= 15 is 0 Å². The summed E-state index contributed by atoms with van der Waals surface area (Å²) < 4.78 is 46.7. The van der Waals surface area contributed by atoms with E-state index in [9.17, 15) is 79.3 Å². The van der Waals surface area contributed by atoms with Crippen LogP contribution in [-0.4, -0.2) is 206 Å². The molecule has 2 fully saturated rings. The van der Waals surface area contributed by atoms with Crippen LogP contribution >= 0.6 is 0 Å². The molecular formula is C57H83N9O24. The van der Waals surface area contributed by atoms with Gasteiger partial charge in [0.2, 0.25) is 12.2 Å². The lowest BCUT2D eigenvalue weighted by atomic mass is 9.82. The number of benzene rings is 2. The summed E-state index contributed by atoms with van der Waals surface area (Å²) >= 11 is 0. The number of carbonyl (C=O) groups is 7. The number of aliphatic hydroxyl groups is 5. The molecule has 0 spiro atoms. The van der Waals surface area contributed by atoms with Crippen molar-refractivity contribution in [1.29, 1.82) is 0 Å². The number of hydrogen-bond acceptors (Lipinski definition) is 24. The van der Waals surface area contributed by atoms with Crippen LogP contribution in [0.5, 0.6) is 0 Å². The number of nitro benzene ring substituents is 2. The first kappa shape index (κ1) is 72.7. The number of rotatable bonds is 23. The average Bonchev–Trinajstić information content (AvgIpc) is 0.784. The van der Waals surface area contributed by atoms with Crippen LogP contribution in [0.15, 0.2) is 60.4 Å². The molecule has 13 atom stereocenters. The Morgan fingerprint density at radius 2 is 1.17 bits per heavy atom. The van der Waals surface area contributed by atoms with Crippen molar-refractivity contribution < 1.29 is 107 Å². The third-order valence-corrected chi connectivity index (χ3v) is 13.7. The van der Waals surface area contributed by atoms with Crippen molar-refractivity contribution in [2.24, 2.45) is 5.41 Å². The number of hydrogen-bond donors (Lipinski definition) is 11. The van der Waals surface area contributed by atoms with Crippen molar-refractivity contribution in [2.45, 2.75) is 192 Å². The summed E-state index contributed by atoms with van der Waals surface area (Å²) in [6, 6.07) is 4.04. The maximum absolute atomic E-state index is 14.0. The van der Waals surface area contributed by atoms with E-state index in [1.165, 1.54) is 68.6 Å². The summed E-state index contributed by atoms with van der Waals surface area (Å²) in [5.41, 5.74) is -4.29. The molecule has 2 heterocycles. The lowest BCUT2D eigenvalue weighted by Crippen LogP contribution is -2.71. The van der Waals surface area contributed by atoms with E-state index in [2.05, 4.69) is 31.9 Å². The van der Waals surface area contributed by atoms with Crippen LogP contribution in [-0.2, 0) is 65.5 Å². The number of nitrogens with one attached hydrogen (secondary N) is 6. The van der Waals surface area contributed by atoms with E-state index in [1.807, 2.05) is 20.8 Å². The normalized spacial score (nSPS) is 25.0. The second-order valence-corrected chi connectivity index (χ2v) is 25.2. The van der Waals surface area contributed by atoms with Crippen LogP contribution in [0.2, 0.25) is 0 Å². The van der Waals surface area contributed by atoms with Crippen LogP contribution in [0.3, 0.4) is 0 Å². The number of likely N-dealkylation sites (N-methyl/N-ethyl adjacent to an activating group) is 1. The zero-order valence-corrected chi connectivity index (χ0v) is 51.8. The van der Waals surface area contributed by atoms with E-state index in [1.54, 1.807) is 41.5 Å². The smallest absolute Gasteiger partial charge is 0.410 e. The largest absolute Gasteiger partial charge is 0.465 e. The quantitative estimate of drug-likeness (QED) is 0.0428. The molecule has 33 nitrogen and oxygen atoms in total. The van der Waals surface area contributed by atoms with Gasteiger partial charge in [-0.05, 0) is 108 Å². The van der Waals surface area contributed by atoms with Gasteiger partial charge >= 0.3 is 24.4 Å². The predicted octanol–water partition coefficient (Wildman–Crippen LogP) is 1.66. The zero-order chi connectivity index (χ0) is 67.2. The van der Waals surface area contributed by atoms with Gasteiger partial charge in [-0.3, -0.25) is 34.6 Å². The third-order valence-electron chi connectivity index (χ3n) is 13.7. The summed E-state index contributed by atoms with van der Waals surface area (Å²) in [6.45, 7) is 13.0. The average molecular weight is 1280 g/mol. The summed E-state index contributed by atoms with van der Waals surface area (Å²) in [6.07, 6.45) is -18.9. The molecule has 2 aromatic carbocycles. The number of nitro groups is 2. The van der Waals surface area contributed by atoms with E-state index in [4.69, 9.17) is 37.9 Å². The molecule has 3 aliphatic rings. The monoisotopic (exact) mass is 1280 g/mol. The Balaban J connectivity index is 1.54. The van der Waals surface area contributed by atoms with Crippen molar-refractivity contribution in [3.8, 4) is 0 Å². The number of ether oxygens (including phenoxy) is 8. The summed E-state index contributed by atoms with van der Waals surface area (Å²) in [5.74, 6) is -2.64. The van der Waals surface area contributed by atoms with Crippen LogP contribution in [0.25, 0.3) is 0 Å². The number of alkyl carbamates (subject to hydrolysis) is 3.